The summed E-state index contributed by atoms with van der Waals surface area (Å²) in [6, 6.07) is 19.8. The molecule has 0 aromatic heterocycles. The average molecular weight is 472 g/mol. The highest BCUT2D eigenvalue weighted by Gasteiger charge is 2.26. The Kier molecular flexibility index (Phi) is 8.19. The van der Waals surface area contributed by atoms with Gasteiger partial charge in [0.2, 0.25) is 10.0 Å². The number of rotatable bonds is 11. The molecule has 0 heterocycles. The van der Waals surface area contributed by atoms with E-state index in [-0.39, 0.29) is 18.8 Å². The van der Waals surface area contributed by atoms with Crippen LogP contribution >= 0.6 is 0 Å². The molecule has 176 valence electrons. The molecule has 7 nitrogen and oxygen atoms in total. The van der Waals surface area contributed by atoms with Crippen molar-refractivity contribution in [3.8, 4) is 23.0 Å². The highest BCUT2D eigenvalue weighted by molar-refractivity contribution is 7.88. The van der Waals surface area contributed by atoms with Crippen LogP contribution in [0.25, 0.3) is 0 Å². The summed E-state index contributed by atoms with van der Waals surface area (Å²) in [5.74, 6) is 2.24. The summed E-state index contributed by atoms with van der Waals surface area (Å²) < 4.78 is 50.1. The SMILES string of the molecule is COc1ccc(CN(Cc2ccc(OC)cc2OC)S(=O)(=O)Cc2ccccc2)c(OC)c1. The van der Waals surface area contributed by atoms with E-state index in [9.17, 15) is 8.42 Å². The molecule has 0 atom stereocenters. The summed E-state index contributed by atoms with van der Waals surface area (Å²) in [5, 5.41) is 0. The summed E-state index contributed by atoms with van der Waals surface area (Å²) in [6.07, 6.45) is 0. The second kappa shape index (κ2) is 11.1. The highest BCUT2D eigenvalue weighted by atomic mass is 32.2. The van der Waals surface area contributed by atoms with Crippen molar-refractivity contribution in [2.45, 2.75) is 18.8 Å². The molecule has 0 bridgehead atoms. The van der Waals surface area contributed by atoms with Crippen LogP contribution in [-0.4, -0.2) is 41.2 Å². The van der Waals surface area contributed by atoms with Gasteiger partial charge in [-0.25, -0.2) is 8.42 Å². The van der Waals surface area contributed by atoms with Gasteiger partial charge in [-0.15, -0.1) is 0 Å². The summed E-state index contributed by atoms with van der Waals surface area (Å²) in [4.78, 5) is 0. The molecule has 3 rings (SSSR count). The average Bonchev–Trinajstić information content (AvgIpc) is 2.84. The van der Waals surface area contributed by atoms with E-state index in [1.807, 2.05) is 30.3 Å². The van der Waals surface area contributed by atoms with Crippen molar-refractivity contribution in [3.05, 3.63) is 83.4 Å². The van der Waals surface area contributed by atoms with Gasteiger partial charge in [-0.3, -0.25) is 0 Å². The van der Waals surface area contributed by atoms with Gasteiger partial charge in [0.15, 0.2) is 0 Å². The molecule has 33 heavy (non-hydrogen) atoms. The van der Waals surface area contributed by atoms with Crippen molar-refractivity contribution < 1.29 is 27.4 Å². The van der Waals surface area contributed by atoms with Crippen molar-refractivity contribution >= 4 is 10.0 Å². The van der Waals surface area contributed by atoms with E-state index in [2.05, 4.69) is 0 Å². The molecule has 3 aromatic rings. The quantitative estimate of drug-likeness (QED) is 0.416. The first-order valence-electron chi connectivity index (χ1n) is 10.3. The Morgan fingerprint density at radius 2 is 1.15 bits per heavy atom. The molecule has 0 radical (unpaired) electrons. The van der Waals surface area contributed by atoms with Crippen LogP contribution in [0.2, 0.25) is 0 Å². The Labute approximate surface area is 195 Å². The van der Waals surface area contributed by atoms with E-state index >= 15 is 0 Å². The zero-order chi connectivity index (χ0) is 23.8. The molecule has 0 saturated heterocycles. The molecule has 0 aliphatic heterocycles. The molecular formula is C25H29NO6S. The van der Waals surface area contributed by atoms with Crippen molar-refractivity contribution in [2.24, 2.45) is 0 Å². The first-order chi connectivity index (χ1) is 15.9. The van der Waals surface area contributed by atoms with Gasteiger partial charge in [0.05, 0.1) is 34.2 Å². The lowest BCUT2D eigenvalue weighted by atomic mass is 10.1. The van der Waals surface area contributed by atoms with Crippen LogP contribution in [0.5, 0.6) is 23.0 Å². The van der Waals surface area contributed by atoms with Gasteiger partial charge in [0.25, 0.3) is 0 Å². The van der Waals surface area contributed by atoms with E-state index < -0.39 is 10.0 Å². The van der Waals surface area contributed by atoms with Crippen LogP contribution in [-0.2, 0) is 28.9 Å². The van der Waals surface area contributed by atoms with E-state index in [0.29, 0.717) is 28.6 Å². The lowest BCUT2D eigenvalue weighted by Crippen LogP contribution is -2.31. The van der Waals surface area contributed by atoms with Crippen LogP contribution in [0.15, 0.2) is 66.7 Å². The van der Waals surface area contributed by atoms with Gasteiger partial charge < -0.3 is 18.9 Å². The lowest BCUT2D eigenvalue weighted by Gasteiger charge is -2.24. The Morgan fingerprint density at radius 3 is 1.58 bits per heavy atom. The second-order valence-electron chi connectivity index (χ2n) is 7.37. The zero-order valence-corrected chi connectivity index (χ0v) is 20.1. The first-order valence-corrected chi connectivity index (χ1v) is 11.9. The van der Waals surface area contributed by atoms with E-state index in [1.165, 1.54) is 4.31 Å². The van der Waals surface area contributed by atoms with Crippen LogP contribution in [0.4, 0.5) is 0 Å². The van der Waals surface area contributed by atoms with E-state index in [0.717, 1.165) is 11.1 Å². The van der Waals surface area contributed by atoms with Crippen LogP contribution in [0.1, 0.15) is 16.7 Å². The fourth-order valence-electron chi connectivity index (χ4n) is 3.47. The normalized spacial score (nSPS) is 11.3. The standard InChI is InChI=1S/C25H29NO6S/c1-29-22-12-10-20(24(14-22)31-3)16-26(33(27,28)18-19-8-6-5-7-9-19)17-21-11-13-23(30-2)15-25(21)32-4/h5-15H,16-18H2,1-4H3. The predicted molar refractivity (Wildman–Crippen MR) is 127 cm³/mol. The number of hydrogen-bond acceptors (Lipinski definition) is 6. The van der Waals surface area contributed by atoms with Crippen LogP contribution < -0.4 is 18.9 Å². The second-order valence-corrected chi connectivity index (χ2v) is 9.33. The van der Waals surface area contributed by atoms with Crippen molar-refractivity contribution in [3.63, 3.8) is 0 Å². The molecule has 0 unspecified atom stereocenters. The smallest absolute Gasteiger partial charge is 0.218 e. The molecular weight excluding hydrogens is 442 g/mol. The van der Waals surface area contributed by atoms with Crippen LogP contribution in [0.3, 0.4) is 0 Å². The van der Waals surface area contributed by atoms with Gasteiger partial charge in [-0.1, -0.05) is 42.5 Å². The van der Waals surface area contributed by atoms with Gasteiger partial charge in [-0.05, 0) is 17.7 Å². The molecule has 0 spiro atoms. The summed E-state index contributed by atoms with van der Waals surface area (Å²) in [5.41, 5.74) is 2.16. The van der Waals surface area contributed by atoms with Crippen molar-refractivity contribution in [2.75, 3.05) is 28.4 Å². The topological polar surface area (TPSA) is 74.3 Å². The summed E-state index contributed by atoms with van der Waals surface area (Å²) in [7, 11) is 2.55. The minimum atomic E-state index is -3.69. The molecule has 3 aromatic carbocycles. The molecule has 0 aliphatic carbocycles. The Hall–Kier alpha value is -3.23. The first kappa shape index (κ1) is 24.4. The Morgan fingerprint density at radius 1 is 0.667 bits per heavy atom. The third-order valence-corrected chi connectivity index (χ3v) is 7.01. The summed E-state index contributed by atoms with van der Waals surface area (Å²) in [6.45, 7) is 0.245. The molecule has 0 N–H and O–H groups in total. The number of methoxy groups -OCH3 is 4. The molecule has 0 fully saturated rings. The zero-order valence-electron chi connectivity index (χ0n) is 19.3. The highest BCUT2D eigenvalue weighted by Crippen LogP contribution is 2.31. The van der Waals surface area contributed by atoms with Crippen LogP contribution in [0, 0.1) is 0 Å². The number of sulfonamides is 1. The maximum Gasteiger partial charge on any atom is 0.218 e. The summed E-state index contributed by atoms with van der Waals surface area (Å²) >= 11 is 0. The predicted octanol–water partition coefficient (Wildman–Crippen LogP) is 4.25. The van der Waals surface area contributed by atoms with Gasteiger partial charge in [0, 0.05) is 36.3 Å². The third kappa shape index (κ3) is 6.18. The van der Waals surface area contributed by atoms with E-state index in [1.54, 1.807) is 64.8 Å². The third-order valence-electron chi connectivity index (χ3n) is 5.27. The van der Waals surface area contributed by atoms with Crippen molar-refractivity contribution in [1.29, 1.82) is 0 Å². The number of benzene rings is 3. The number of nitrogens with zero attached hydrogens (tertiary/aromatic N) is 1. The Bertz CT molecular complexity index is 1110. The monoisotopic (exact) mass is 471 g/mol. The molecule has 0 amide bonds. The molecule has 8 heteroatoms. The van der Waals surface area contributed by atoms with Gasteiger partial charge >= 0.3 is 0 Å². The lowest BCUT2D eigenvalue weighted by molar-refractivity contribution is 0.358. The number of hydrogen-bond donors (Lipinski definition) is 0. The maximum atomic E-state index is 13.5. The Balaban J connectivity index is 2.00. The fraction of sp³-hybridized carbons (Fsp3) is 0.280. The van der Waals surface area contributed by atoms with E-state index in [4.69, 9.17) is 18.9 Å². The molecule has 0 saturated carbocycles. The number of ether oxygens (including phenoxy) is 4. The van der Waals surface area contributed by atoms with Crippen molar-refractivity contribution in [1.82, 2.24) is 4.31 Å². The largest absolute Gasteiger partial charge is 0.497 e. The van der Waals surface area contributed by atoms with Gasteiger partial charge in [-0.2, -0.15) is 4.31 Å². The maximum absolute atomic E-state index is 13.5. The fourth-order valence-corrected chi connectivity index (χ4v) is 4.94. The molecule has 0 aliphatic rings. The minimum Gasteiger partial charge on any atom is -0.497 e. The van der Waals surface area contributed by atoms with Gasteiger partial charge in [0.1, 0.15) is 23.0 Å². The minimum absolute atomic E-state index is 0.120.